The van der Waals surface area contributed by atoms with Gasteiger partial charge in [-0.15, -0.1) is 0 Å². The van der Waals surface area contributed by atoms with Crippen LogP contribution in [0.25, 0.3) is 0 Å². The van der Waals surface area contributed by atoms with Gasteiger partial charge in [-0.25, -0.2) is 0 Å². The third-order valence-electron chi connectivity index (χ3n) is 3.55. The molecule has 0 spiro atoms. The normalized spacial score (nSPS) is 14.2. The Kier molecular flexibility index (Phi) is 5.75. The zero-order chi connectivity index (χ0) is 15.1. The lowest BCUT2D eigenvalue weighted by molar-refractivity contribution is 0.0955. The summed E-state index contributed by atoms with van der Waals surface area (Å²) in [7, 11) is 0. The van der Waals surface area contributed by atoms with Crippen LogP contribution in [0.5, 0.6) is 0 Å². The Labute approximate surface area is 130 Å². The molecule has 1 aromatic carbocycles. The average molecular weight is 303 g/mol. The number of nitrogens with one attached hydrogen (secondary N) is 2. The number of carbonyl (C=O) groups is 1. The molecule has 0 saturated carbocycles. The number of benzene rings is 1. The van der Waals surface area contributed by atoms with Gasteiger partial charge in [0.05, 0.1) is 11.3 Å². The van der Waals surface area contributed by atoms with Crippen molar-refractivity contribution >= 4 is 28.9 Å². The Morgan fingerprint density at radius 1 is 1.29 bits per heavy atom. The number of nitrogens with two attached hydrogens (primary N) is 1. The number of hydrogen-bond donors (Lipinski definition) is 3. The number of rotatable bonds is 5. The molecule has 0 unspecified atom stereocenters. The van der Waals surface area contributed by atoms with Gasteiger partial charge in [0.15, 0.2) is 5.11 Å². The second kappa shape index (κ2) is 7.78. The van der Waals surface area contributed by atoms with Crippen LogP contribution in [0.4, 0.5) is 5.69 Å². The van der Waals surface area contributed by atoms with Crippen LogP contribution in [-0.2, 0) is 0 Å². The third kappa shape index (κ3) is 4.86. The first-order valence-electron chi connectivity index (χ1n) is 7.28. The SMILES string of the molecule is NC(=S)Nc1ccccc1C(=O)NCCC1=CCCCC1. The Morgan fingerprint density at radius 3 is 2.81 bits per heavy atom. The van der Waals surface area contributed by atoms with Crippen LogP contribution in [-0.4, -0.2) is 17.6 Å². The fourth-order valence-corrected chi connectivity index (χ4v) is 2.60. The van der Waals surface area contributed by atoms with Crippen molar-refractivity contribution in [3.05, 3.63) is 41.5 Å². The topological polar surface area (TPSA) is 67.1 Å². The molecule has 0 bridgehead atoms. The molecule has 1 amide bonds. The van der Waals surface area contributed by atoms with Gasteiger partial charge in [0.2, 0.25) is 0 Å². The Balaban J connectivity index is 1.91. The Bertz CT molecular complexity index is 554. The molecule has 0 fully saturated rings. The number of hydrogen-bond acceptors (Lipinski definition) is 2. The summed E-state index contributed by atoms with van der Waals surface area (Å²) in [6.07, 6.45) is 8.11. The highest BCUT2D eigenvalue weighted by atomic mass is 32.1. The van der Waals surface area contributed by atoms with Crippen LogP contribution in [0.2, 0.25) is 0 Å². The maximum atomic E-state index is 12.2. The van der Waals surface area contributed by atoms with Crippen molar-refractivity contribution in [2.75, 3.05) is 11.9 Å². The number of anilines is 1. The number of amides is 1. The monoisotopic (exact) mass is 303 g/mol. The van der Waals surface area contributed by atoms with Crippen molar-refractivity contribution in [2.24, 2.45) is 5.73 Å². The van der Waals surface area contributed by atoms with Gasteiger partial charge in [0.25, 0.3) is 5.91 Å². The highest BCUT2D eigenvalue weighted by Crippen LogP contribution is 2.19. The fraction of sp³-hybridized carbons (Fsp3) is 0.375. The van der Waals surface area contributed by atoms with Crippen LogP contribution in [0.15, 0.2) is 35.9 Å². The van der Waals surface area contributed by atoms with E-state index in [9.17, 15) is 4.79 Å². The molecule has 0 radical (unpaired) electrons. The molecule has 0 aliphatic heterocycles. The van der Waals surface area contributed by atoms with E-state index in [1.807, 2.05) is 12.1 Å². The number of allylic oxidation sites excluding steroid dienone is 1. The Morgan fingerprint density at radius 2 is 2.10 bits per heavy atom. The zero-order valence-electron chi connectivity index (χ0n) is 12.0. The molecule has 1 aromatic rings. The highest BCUT2D eigenvalue weighted by Gasteiger charge is 2.11. The van der Waals surface area contributed by atoms with Crippen LogP contribution >= 0.6 is 12.2 Å². The zero-order valence-corrected chi connectivity index (χ0v) is 12.8. The summed E-state index contributed by atoms with van der Waals surface area (Å²) in [6.45, 7) is 0.659. The largest absolute Gasteiger partial charge is 0.376 e. The predicted octanol–water partition coefficient (Wildman–Crippen LogP) is 2.96. The Hall–Kier alpha value is -1.88. The number of thiocarbonyl (C=S) groups is 1. The van der Waals surface area contributed by atoms with Gasteiger partial charge in [-0.3, -0.25) is 4.79 Å². The summed E-state index contributed by atoms with van der Waals surface area (Å²) in [5.41, 5.74) is 8.12. The van der Waals surface area contributed by atoms with Crippen molar-refractivity contribution in [2.45, 2.75) is 32.1 Å². The van der Waals surface area contributed by atoms with E-state index in [1.54, 1.807) is 12.1 Å². The first-order valence-corrected chi connectivity index (χ1v) is 7.69. The van der Waals surface area contributed by atoms with E-state index in [-0.39, 0.29) is 11.0 Å². The predicted molar refractivity (Wildman–Crippen MR) is 90.4 cm³/mol. The minimum atomic E-state index is -0.106. The molecule has 4 nitrogen and oxygen atoms in total. The van der Waals surface area contributed by atoms with Crippen molar-refractivity contribution in [1.82, 2.24) is 5.32 Å². The number of para-hydroxylation sites is 1. The van der Waals surface area contributed by atoms with E-state index in [4.69, 9.17) is 18.0 Å². The van der Waals surface area contributed by atoms with Crippen molar-refractivity contribution in [1.29, 1.82) is 0 Å². The second-order valence-electron chi connectivity index (χ2n) is 5.15. The molecule has 21 heavy (non-hydrogen) atoms. The molecule has 0 saturated heterocycles. The van der Waals surface area contributed by atoms with Gasteiger partial charge in [-0.05, 0) is 56.5 Å². The lowest BCUT2D eigenvalue weighted by Crippen LogP contribution is -2.27. The smallest absolute Gasteiger partial charge is 0.253 e. The molecular formula is C16H21N3OS. The molecule has 2 rings (SSSR count). The van der Waals surface area contributed by atoms with Crippen molar-refractivity contribution in [3.63, 3.8) is 0 Å². The second-order valence-corrected chi connectivity index (χ2v) is 5.59. The lowest BCUT2D eigenvalue weighted by Gasteiger charge is -2.14. The van der Waals surface area contributed by atoms with Crippen LogP contribution in [0.3, 0.4) is 0 Å². The maximum absolute atomic E-state index is 12.2. The van der Waals surface area contributed by atoms with Crippen molar-refractivity contribution in [3.8, 4) is 0 Å². The fourth-order valence-electron chi connectivity index (χ4n) is 2.49. The molecular weight excluding hydrogens is 282 g/mol. The van der Waals surface area contributed by atoms with Crippen LogP contribution in [0.1, 0.15) is 42.5 Å². The molecule has 0 heterocycles. The minimum absolute atomic E-state index is 0.106. The van der Waals surface area contributed by atoms with E-state index in [0.29, 0.717) is 17.8 Å². The maximum Gasteiger partial charge on any atom is 0.253 e. The van der Waals surface area contributed by atoms with Gasteiger partial charge in [-0.2, -0.15) is 0 Å². The molecule has 1 aliphatic rings. The van der Waals surface area contributed by atoms with Gasteiger partial charge in [0.1, 0.15) is 0 Å². The first-order chi connectivity index (χ1) is 10.2. The van der Waals surface area contributed by atoms with E-state index in [0.717, 1.165) is 12.8 Å². The summed E-state index contributed by atoms with van der Waals surface area (Å²) < 4.78 is 0. The summed E-state index contributed by atoms with van der Waals surface area (Å²) in [4.78, 5) is 12.2. The average Bonchev–Trinajstić information content (AvgIpc) is 2.48. The van der Waals surface area contributed by atoms with Gasteiger partial charge in [-0.1, -0.05) is 23.8 Å². The molecule has 0 aromatic heterocycles. The summed E-state index contributed by atoms with van der Waals surface area (Å²) >= 11 is 4.82. The van der Waals surface area contributed by atoms with E-state index in [1.165, 1.54) is 24.8 Å². The van der Waals surface area contributed by atoms with Gasteiger partial charge >= 0.3 is 0 Å². The first kappa shape index (κ1) is 15.5. The van der Waals surface area contributed by atoms with E-state index >= 15 is 0 Å². The summed E-state index contributed by atoms with van der Waals surface area (Å²) in [5, 5.41) is 5.94. The summed E-state index contributed by atoms with van der Waals surface area (Å²) in [6, 6.07) is 7.21. The van der Waals surface area contributed by atoms with Gasteiger partial charge < -0.3 is 16.4 Å². The van der Waals surface area contributed by atoms with E-state index < -0.39 is 0 Å². The molecule has 0 atom stereocenters. The molecule has 112 valence electrons. The third-order valence-corrected chi connectivity index (χ3v) is 3.65. The standard InChI is InChI=1S/C16H21N3OS/c17-16(21)19-14-9-5-4-8-13(14)15(20)18-11-10-12-6-2-1-3-7-12/h4-6,8-9H,1-3,7,10-11H2,(H,18,20)(H3,17,19,21). The minimum Gasteiger partial charge on any atom is -0.376 e. The van der Waals surface area contributed by atoms with Crippen LogP contribution in [0, 0.1) is 0 Å². The van der Waals surface area contributed by atoms with Crippen molar-refractivity contribution < 1.29 is 4.79 Å². The van der Waals surface area contributed by atoms with Gasteiger partial charge in [0, 0.05) is 6.54 Å². The highest BCUT2D eigenvalue weighted by molar-refractivity contribution is 7.80. The number of carbonyl (C=O) groups excluding carboxylic acids is 1. The lowest BCUT2D eigenvalue weighted by atomic mass is 9.97. The van der Waals surface area contributed by atoms with Crippen LogP contribution < -0.4 is 16.4 Å². The summed E-state index contributed by atoms with van der Waals surface area (Å²) in [5.74, 6) is -0.106. The molecule has 4 N–H and O–H groups in total. The van der Waals surface area contributed by atoms with E-state index in [2.05, 4.69) is 16.7 Å². The quantitative estimate of drug-likeness (QED) is 0.578. The molecule has 5 heteroatoms. The molecule has 1 aliphatic carbocycles.